The number of epoxide rings is 1. The second-order valence-electron chi connectivity index (χ2n) is 5.18. The first-order chi connectivity index (χ1) is 10.5. The van der Waals surface area contributed by atoms with E-state index in [2.05, 4.69) is 15.9 Å². The second kappa shape index (κ2) is 6.02. The van der Waals surface area contributed by atoms with Crippen molar-refractivity contribution in [2.45, 2.75) is 22.8 Å². The lowest BCUT2D eigenvalue weighted by Gasteiger charge is -2.10. The standard InChI is InChI=1S/C16H15BrO4S/c1-11-3-2-4-14(7-11)22(18,19)16-8-12(5-6-15(16)17)20-9-13-10-21-13/h2-8,13H,9-10H2,1H3. The Morgan fingerprint density at radius 1 is 1.27 bits per heavy atom. The highest BCUT2D eigenvalue weighted by molar-refractivity contribution is 9.10. The summed E-state index contributed by atoms with van der Waals surface area (Å²) < 4.78 is 36.8. The third kappa shape index (κ3) is 3.34. The molecule has 0 saturated carbocycles. The van der Waals surface area contributed by atoms with Crippen molar-refractivity contribution >= 4 is 25.8 Å². The van der Waals surface area contributed by atoms with E-state index in [-0.39, 0.29) is 15.9 Å². The van der Waals surface area contributed by atoms with E-state index in [1.54, 1.807) is 36.4 Å². The van der Waals surface area contributed by atoms with Gasteiger partial charge in [0.2, 0.25) is 9.84 Å². The molecule has 1 saturated heterocycles. The van der Waals surface area contributed by atoms with Gasteiger partial charge >= 0.3 is 0 Å². The molecule has 6 heteroatoms. The fraction of sp³-hybridized carbons (Fsp3) is 0.250. The summed E-state index contributed by atoms with van der Waals surface area (Å²) in [7, 11) is -3.60. The molecule has 4 nitrogen and oxygen atoms in total. The Hall–Kier alpha value is -1.37. The van der Waals surface area contributed by atoms with Gasteiger partial charge in [-0.25, -0.2) is 8.42 Å². The number of rotatable bonds is 5. The van der Waals surface area contributed by atoms with Crippen LogP contribution in [0.15, 0.2) is 56.7 Å². The van der Waals surface area contributed by atoms with Gasteiger partial charge in [0.25, 0.3) is 0 Å². The quantitative estimate of drug-likeness (QED) is 0.743. The summed E-state index contributed by atoms with van der Waals surface area (Å²) in [5.74, 6) is 0.518. The molecular formula is C16H15BrO4S. The first-order valence-corrected chi connectivity index (χ1v) is 9.10. The van der Waals surface area contributed by atoms with Gasteiger partial charge in [-0.1, -0.05) is 12.1 Å². The van der Waals surface area contributed by atoms with Crippen LogP contribution in [0.2, 0.25) is 0 Å². The first-order valence-electron chi connectivity index (χ1n) is 6.82. The molecule has 0 aliphatic carbocycles. The molecule has 1 atom stereocenters. The molecule has 0 amide bonds. The van der Waals surface area contributed by atoms with Crippen molar-refractivity contribution in [3.63, 3.8) is 0 Å². The lowest BCUT2D eigenvalue weighted by Crippen LogP contribution is -2.07. The zero-order valence-electron chi connectivity index (χ0n) is 12.0. The number of hydrogen-bond acceptors (Lipinski definition) is 4. The summed E-state index contributed by atoms with van der Waals surface area (Å²) in [6, 6.07) is 11.8. The van der Waals surface area contributed by atoms with Crippen LogP contribution in [-0.2, 0) is 14.6 Å². The molecule has 1 heterocycles. The van der Waals surface area contributed by atoms with Gasteiger partial charge in [-0.2, -0.15) is 0 Å². The second-order valence-corrected chi connectivity index (χ2v) is 7.95. The number of benzene rings is 2. The molecule has 1 aliphatic heterocycles. The molecule has 1 fully saturated rings. The Kier molecular flexibility index (Phi) is 4.25. The van der Waals surface area contributed by atoms with Crippen molar-refractivity contribution in [3.05, 3.63) is 52.5 Å². The van der Waals surface area contributed by atoms with Gasteiger partial charge < -0.3 is 9.47 Å². The van der Waals surface area contributed by atoms with E-state index in [9.17, 15) is 8.42 Å². The minimum atomic E-state index is -3.60. The van der Waals surface area contributed by atoms with Crippen molar-refractivity contribution in [1.82, 2.24) is 0 Å². The predicted octanol–water partition coefficient (Wildman–Crippen LogP) is 3.37. The molecule has 0 bridgehead atoms. The minimum Gasteiger partial charge on any atom is -0.491 e. The van der Waals surface area contributed by atoms with Crippen molar-refractivity contribution in [2.24, 2.45) is 0 Å². The summed E-state index contributed by atoms with van der Waals surface area (Å²) in [4.78, 5) is 0.475. The zero-order chi connectivity index (χ0) is 15.7. The van der Waals surface area contributed by atoms with E-state index in [4.69, 9.17) is 9.47 Å². The third-order valence-electron chi connectivity index (χ3n) is 3.33. The van der Waals surface area contributed by atoms with Crippen molar-refractivity contribution in [2.75, 3.05) is 13.2 Å². The molecule has 2 aromatic carbocycles. The molecule has 22 heavy (non-hydrogen) atoms. The van der Waals surface area contributed by atoms with Crippen LogP contribution in [0.1, 0.15) is 5.56 Å². The summed E-state index contributed by atoms with van der Waals surface area (Å²) in [5.41, 5.74) is 0.899. The summed E-state index contributed by atoms with van der Waals surface area (Å²) in [5, 5.41) is 0. The van der Waals surface area contributed by atoms with E-state index in [1.165, 1.54) is 0 Å². The molecule has 116 valence electrons. The van der Waals surface area contributed by atoms with Gasteiger partial charge in [0.1, 0.15) is 18.5 Å². The van der Waals surface area contributed by atoms with E-state index in [1.807, 2.05) is 13.0 Å². The molecule has 1 aliphatic rings. The average molecular weight is 383 g/mol. The fourth-order valence-electron chi connectivity index (χ4n) is 2.04. The summed E-state index contributed by atoms with van der Waals surface area (Å²) in [6.45, 7) is 3.00. The maximum absolute atomic E-state index is 12.8. The van der Waals surface area contributed by atoms with Crippen molar-refractivity contribution < 1.29 is 17.9 Å². The first kappa shape index (κ1) is 15.5. The van der Waals surface area contributed by atoms with Crippen molar-refractivity contribution in [1.29, 1.82) is 0 Å². The Labute approximate surface area is 138 Å². The van der Waals surface area contributed by atoms with E-state index in [0.717, 1.165) is 5.56 Å². The van der Waals surface area contributed by atoms with Crippen LogP contribution in [0.5, 0.6) is 5.75 Å². The maximum atomic E-state index is 12.8. The van der Waals surface area contributed by atoms with Crippen LogP contribution in [0.3, 0.4) is 0 Å². The number of hydrogen-bond donors (Lipinski definition) is 0. The lowest BCUT2D eigenvalue weighted by atomic mass is 10.2. The number of ether oxygens (including phenoxy) is 2. The van der Waals surface area contributed by atoms with Gasteiger partial charge in [-0.15, -0.1) is 0 Å². The molecule has 0 N–H and O–H groups in total. The molecule has 0 aromatic heterocycles. The van der Waals surface area contributed by atoms with Gasteiger partial charge in [-0.3, -0.25) is 0 Å². The van der Waals surface area contributed by atoms with E-state index >= 15 is 0 Å². The van der Waals surface area contributed by atoms with Gasteiger partial charge in [0.05, 0.1) is 16.4 Å². The van der Waals surface area contributed by atoms with Crippen LogP contribution >= 0.6 is 15.9 Å². The number of aryl methyl sites for hydroxylation is 1. The molecule has 0 radical (unpaired) electrons. The van der Waals surface area contributed by atoms with E-state index in [0.29, 0.717) is 23.4 Å². The molecule has 2 aromatic rings. The van der Waals surface area contributed by atoms with Crippen LogP contribution in [0.4, 0.5) is 0 Å². The van der Waals surface area contributed by atoms with Gasteiger partial charge in [-0.05, 0) is 52.7 Å². The highest BCUT2D eigenvalue weighted by Crippen LogP contribution is 2.31. The van der Waals surface area contributed by atoms with Crippen molar-refractivity contribution in [3.8, 4) is 5.75 Å². The molecule has 1 unspecified atom stereocenters. The minimum absolute atomic E-state index is 0.125. The smallest absolute Gasteiger partial charge is 0.207 e. The fourth-order valence-corrected chi connectivity index (χ4v) is 4.38. The summed E-state index contributed by atoms with van der Waals surface area (Å²) in [6.07, 6.45) is 0.125. The Balaban J connectivity index is 1.96. The van der Waals surface area contributed by atoms with Crippen LogP contribution < -0.4 is 4.74 Å². The lowest BCUT2D eigenvalue weighted by molar-refractivity contribution is 0.262. The highest BCUT2D eigenvalue weighted by Gasteiger charge is 2.24. The molecule has 3 rings (SSSR count). The van der Waals surface area contributed by atoms with E-state index < -0.39 is 9.84 Å². The topological polar surface area (TPSA) is 55.9 Å². The highest BCUT2D eigenvalue weighted by atomic mass is 79.9. The predicted molar refractivity (Wildman–Crippen MR) is 86.0 cm³/mol. The van der Waals surface area contributed by atoms with Gasteiger partial charge in [0, 0.05) is 10.5 Å². The summed E-state index contributed by atoms with van der Waals surface area (Å²) >= 11 is 3.32. The third-order valence-corrected chi connectivity index (χ3v) is 6.08. The SMILES string of the molecule is Cc1cccc(S(=O)(=O)c2cc(OCC3CO3)ccc2Br)c1. The molecular weight excluding hydrogens is 368 g/mol. The van der Waals surface area contributed by atoms with Gasteiger partial charge in [0.15, 0.2) is 0 Å². The Morgan fingerprint density at radius 3 is 2.73 bits per heavy atom. The Morgan fingerprint density at radius 2 is 2.05 bits per heavy atom. The monoisotopic (exact) mass is 382 g/mol. The zero-order valence-corrected chi connectivity index (χ0v) is 14.4. The maximum Gasteiger partial charge on any atom is 0.207 e. The molecule has 0 spiro atoms. The average Bonchev–Trinajstić information content (AvgIpc) is 3.30. The van der Waals surface area contributed by atoms with Crippen LogP contribution in [0.25, 0.3) is 0 Å². The largest absolute Gasteiger partial charge is 0.491 e. The number of sulfone groups is 1. The Bertz CT molecular complexity index is 798. The van der Waals surface area contributed by atoms with Crippen LogP contribution in [-0.4, -0.2) is 27.7 Å². The number of halogens is 1. The van der Waals surface area contributed by atoms with Crippen LogP contribution in [0, 0.1) is 6.92 Å². The normalized spacial score (nSPS) is 17.3.